The molecule has 16 heavy (non-hydrogen) atoms. The molecule has 0 bridgehead atoms. The Hall–Kier alpha value is -0.950. The third kappa shape index (κ3) is 3.90. The Balaban J connectivity index is 2.62. The van der Waals surface area contributed by atoms with E-state index in [0.29, 0.717) is 5.56 Å². The second-order valence-corrected chi connectivity index (χ2v) is 5.21. The van der Waals surface area contributed by atoms with Crippen LogP contribution in [-0.4, -0.2) is 9.69 Å². The smallest absolute Gasteiger partial charge is 0.265 e. The van der Waals surface area contributed by atoms with E-state index < -0.39 is 9.69 Å². The van der Waals surface area contributed by atoms with Crippen LogP contribution in [-0.2, 0) is 11.3 Å². The molecule has 1 aromatic rings. The maximum absolute atomic E-state index is 8.67. The molecule has 0 heterocycles. The lowest BCUT2D eigenvalue weighted by Gasteiger charge is -2.13. The van der Waals surface area contributed by atoms with Crippen molar-refractivity contribution in [1.29, 1.82) is 10.7 Å². The van der Waals surface area contributed by atoms with Gasteiger partial charge in [-0.05, 0) is 17.7 Å². The first-order valence-corrected chi connectivity index (χ1v) is 5.34. The number of hydrogen-bond donors (Lipinski definition) is 1. The monoisotopic (exact) mass is 276 g/mol. The highest BCUT2D eigenvalue weighted by molar-refractivity contribution is 6.75. The zero-order valence-corrected chi connectivity index (χ0v) is 10.3. The molecule has 0 saturated carbocycles. The molecule has 0 amide bonds. The average molecular weight is 278 g/mol. The fourth-order valence-electron chi connectivity index (χ4n) is 0.968. The summed E-state index contributed by atoms with van der Waals surface area (Å²) in [5.74, 6) is -0.445. The van der Waals surface area contributed by atoms with Crippen molar-refractivity contribution in [2.75, 3.05) is 0 Å². The van der Waals surface area contributed by atoms with Gasteiger partial charge in [0.25, 0.3) is 3.79 Å². The van der Waals surface area contributed by atoms with Crippen molar-refractivity contribution in [3.63, 3.8) is 0 Å². The zero-order valence-electron chi connectivity index (χ0n) is 8.01. The molecule has 1 rings (SSSR count). The summed E-state index contributed by atoms with van der Waals surface area (Å²) in [6, 6.07) is 8.79. The number of nitrogens with one attached hydrogen (secondary N) is 1. The summed E-state index contributed by atoms with van der Waals surface area (Å²) < 4.78 is 3.12. The minimum atomic E-state index is -1.85. The van der Waals surface area contributed by atoms with Crippen LogP contribution in [0.1, 0.15) is 11.1 Å². The average Bonchev–Trinajstić information content (AvgIpc) is 2.25. The Kier molecular flexibility index (Phi) is 4.43. The van der Waals surface area contributed by atoms with Crippen LogP contribution >= 0.6 is 34.8 Å². The van der Waals surface area contributed by atoms with E-state index in [1.807, 2.05) is 6.07 Å². The number of ether oxygens (including phenoxy) is 1. The van der Waals surface area contributed by atoms with Gasteiger partial charge in [-0.25, -0.2) is 0 Å². The second kappa shape index (κ2) is 5.40. The van der Waals surface area contributed by atoms with Crippen LogP contribution in [0, 0.1) is 16.7 Å². The van der Waals surface area contributed by atoms with Gasteiger partial charge in [0.1, 0.15) is 6.61 Å². The highest BCUT2D eigenvalue weighted by Gasteiger charge is 2.28. The van der Waals surface area contributed by atoms with Crippen molar-refractivity contribution >= 4 is 40.7 Å². The van der Waals surface area contributed by atoms with Crippen LogP contribution in [0.4, 0.5) is 0 Å². The van der Waals surface area contributed by atoms with E-state index in [4.69, 9.17) is 50.2 Å². The van der Waals surface area contributed by atoms with Crippen LogP contribution in [0.3, 0.4) is 0 Å². The predicted molar refractivity (Wildman–Crippen MR) is 64.0 cm³/mol. The fraction of sp³-hybridized carbons (Fsp3) is 0.200. The summed E-state index contributed by atoms with van der Waals surface area (Å²) in [5, 5.41) is 16.0. The van der Waals surface area contributed by atoms with E-state index in [0.717, 1.165) is 5.56 Å². The molecule has 0 aliphatic heterocycles. The SMILES string of the molecule is N#Cc1cccc(COC(=N)C(Cl)(Cl)Cl)c1. The lowest BCUT2D eigenvalue weighted by molar-refractivity contribution is 0.284. The molecule has 0 saturated heterocycles. The van der Waals surface area contributed by atoms with Gasteiger partial charge in [0.2, 0.25) is 5.90 Å². The fourth-order valence-corrected chi connectivity index (χ4v) is 1.13. The molecule has 3 nitrogen and oxygen atoms in total. The quantitative estimate of drug-likeness (QED) is 0.511. The molecule has 0 fully saturated rings. The van der Waals surface area contributed by atoms with E-state index in [-0.39, 0.29) is 6.61 Å². The molecule has 0 radical (unpaired) electrons. The van der Waals surface area contributed by atoms with E-state index in [9.17, 15) is 0 Å². The second-order valence-electron chi connectivity index (χ2n) is 2.93. The van der Waals surface area contributed by atoms with Gasteiger partial charge in [0.15, 0.2) is 0 Å². The summed E-state index contributed by atoms with van der Waals surface area (Å²) in [7, 11) is 0. The van der Waals surface area contributed by atoms with E-state index in [1.165, 1.54) is 0 Å². The Morgan fingerprint density at radius 3 is 2.69 bits per heavy atom. The van der Waals surface area contributed by atoms with Crippen LogP contribution in [0.25, 0.3) is 0 Å². The summed E-state index contributed by atoms with van der Waals surface area (Å²) in [6.45, 7) is 0.0856. The maximum Gasteiger partial charge on any atom is 0.265 e. The molecule has 0 atom stereocenters. The van der Waals surface area contributed by atoms with Gasteiger partial charge in [0, 0.05) is 0 Å². The molecule has 1 N–H and O–H groups in total. The number of rotatable bonds is 2. The van der Waals surface area contributed by atoms with Crippen LogP contribution in [0.15, 0.2) is 24.3 Å². The Morgan fingerprint density at radius 2 is 2.12 bits per heavy atom. The molecule has 84 valence electrons. The number of halogens is 3. The summed E-state index contributed by atoms with van der Waals surface area (Å²) in [6.07, 6.45) is 0. The Labute approximate surface area is 108 Å². The number of nitriles is 1. The van der Waals surface area contributed by atoms with Gasteiger partial charge in [0.05, 0.1) is 11.6 Å². The van der Waals surface area contributed by atoms with Crippen molar-refractivity contribution in [3.8, 4) is 6.07 Å². The molecule has 0 aliphatic rings. The number of hydrogen-bond acceptors (Lipinski definition) is 3. The highest BCUT2D eigenvalue weighted by atomic mass is 35.6. The topological polar surface area (TPSA) is 56.9 Å². The van der Waals surface area contributed by atoms with Gasteiger partial charge in [-0.2, -0.15) is 5.26 Å². The molecular weight excluding hydrogens is 270 g/mol. The lowest BCUT2D eigenvalue weighted by atomic mass is 10.1. The molecule has 6 heteroatoms. The van der Waals surface area contributed by atoms with Crippen molar-refractivity contribution in [1.82, 2.24) is 0 Å². The van der Waals surface area contributed by atoms with Crippen molar-refractivity contribution < 1.29 is 4.74 Å². The standard InChI is InChI=1S/C10H7Cl3N2O/c11-10(12,13)9(15)16-6-8-3-1-2-7(4-8)5-14/h1-4,15H,6H2. The zero-order chi connectivity index (χ0) is 12.2. The third-order valence-corrected chi connectivity index (χ3v) is 2.21. The van der Waals surface area contributed by atoms with Crippen molar-refractivity contribution in [3.05, 3.63) is 35.4 Å². The van der Waals surface area contributed by atoms with Gasteiger partial charge in [-0.1, -0.05) is 46.9 Å². The molecule has 0 aliphatic carbocycles. The third-order valence-electron chi connectivity index (χ3n) is 1.70. The minimum absolute atomic E-state index is 0.0856. The summed E-state index contributed by atoms with van der Waals surface area (Å²) in [5.41, 5.74) is 1.25. The molecule has 0 aromatic heterocycles. The first-order valence-electron chi connectivity index (χ1n) is 4.21. The van der Waals surface area contributed by atoms with E-state index in [2.05, 4.69) is 0 Å². The van der Waals surface area contributed by atoms with Crippen LogP contribution in [0.2, 0.25) is 0 Å². The largest absolute Gasteiger partial charge is 0.473 e. The molecular formula is C10H7Cl3N2O. The summed E-state index contributed by atoms with van der Waals surface area (Å²) >= 11 is 16.3. The minimum Gasteiger partial charge on any atom is -0.473 e. The van der Waals surface area contributed by atoms with Gasteiger partial charge >= 0.3 is 0 Å². The Morgan fingerprint density at radius 1 is 1.44 bits per heavy atom. The van der Waals surface area contributed by atoms with Crippen molar-refractivity contribution in [2.24, 2.45) is 0 Å². The highest BCUT2D eigenvalue weighted by Crippen LogP contribution is 2.28. The lowest BCUT2D eigenvalue weighted by Crippen LogP contribution is -2.20. The number of alkyl halides is 3. The normalized spacial score (nSPS) is 10.6. The Bertz CT molecular complexity index is 434. The molecule has 0 unspecified atom stereocenters. The van der Waals surface area contributed by atoms with Gasteiger partial charge in [-0.15, -0.1) is 0 Å². The predicted octanol–water partition coefficient (Wildman–Crippen LogP) is 3.42. The van der Waals surface area contributed by atoms with Crippen LogP contribution < -0.4 is 0 Å². The first kappa shape index (κ1) is 13.1. The maximum atomic E-state index is 8.67. The molecule has 0 spiro atoms. The molecule has 1 aromatic carbocycles. The van der Waals surface area contributed by atoms with Gasteiger partial charge < -0.3 is 4.74 Å². The van der Waals surface area contributed by atoms with E-state index >= 15 is 0 Å². The van der Waals surface area contributed by atoms with Gasteiger partial charge in [-0.3, -0.25) is 5.41 Å². The van der Waals surface area contributed by atoms with Crippen molar-refractivity contribution in [2.45, 2.75) is 10.4 Å². The number of benzene rings is 1. The number of nitrogens with zero attached hydrogens (tertiary/aromatic N) is 1. The van der Waals surface area contributed by atoms with Crippen LogP contribution in [0.5, 0.6) is 0 Å². The summed E-state index contributed by atoms with van der Waals surface area (Å²) in [4.78, 5) is 0. The van der Waals surface area contributed by atoms with E-state index in [1.54, 1.807) is 24.3 Å². The first-order chi connectivity index (χ1) is 7.43.